The summed E-state index contributed by atoms with van der Waals surface area (Å²) in [6.45, 7) is 4.70. The Bertz CT molecular complexity index is 885. The van der Waals surface area contributed by atoms with Crippen molar-refractivity contribution in [2.75, 3.05) is 58.8 Å². The number of anilines is 1. The number of benzene rings is 1. The summed E-state index contributed by atoms with van der Waals surface area (Å²) in [5.41, 5.74) is -0.129. The minimum Gasteiger partial charge on any atom is -0.493 e. The maximum absolute atomic E-state index is 13.5. The monoisotopic (exact) mass is 430 g/mol. The summed E-state index contributed by atoms with van der Waals surface area (Å²) in [5, 5.41) is 2.90. The van der Waals surface area contributed by atoms with Crippen molar-refractivity contribution in [3.8, 4) is 11.5 Å². The van der Waals surface area contributed by atoms with Crippen molar-refractivity contribution in [1.82, 2.24) is 14.7 Å². The van der Waals surface area contributed by atoms with Crippen LogP contribution in [0.25, 0.3) is 0 Å². The van der Waals surface area contributed by atoms with Crippen molar-refractivity contribution in [2.45, 2.75) is 19.8 Å². The number of fused-ring (bicyclic) bond motifs is 1. The molecule has 1 N–H and O–H groups in total. The number of hydrogen-bond donors (Lipinski definition) is 1. The lowest BCUT2D eigenvalue weighted by atomic mass is 9.79. The fourth-order valence-electron chi connectivity index (χ4n) is 5.11. The van der Waals surface area contributed by atoms with Gasteiger partial charge in [-0.1, -0.05) is 0 Å². The zero-order valence-electron chi connectivity index (χ0n) is 18.3. The first-order valence-corrected chi connectivity index (χ1v) is 10.7. The molecule has 31 heavy (non-hydrogen) atoms. The molecule has 3 fully saturated rings. The Balaban J connectivity index is 1.51. The fraction of sp³-hybridized carbons (Fsp3) is 0.591. The predicted molar refractivity (Wildman–Crippen MR) is 114 cm³/mol. The van der Waals surface area contributed by atoms with Crippen LogP contribution in [0.5, 0.6) is 11.5 Å². The highest BCUT2D eigenvalue weighted by molar-refractivity contribution is 5.92. The summed E-state index contributed by atoms with van der Waals surface area (Å²) in [5.74, 6) is 1.11. The van der Waals surface area contributed by atoms with E-state index in [4.69, 9.17) is 9.47 Å². The lowest BCUT2D eigenvalue weighted by Crippen LogP contribution is -2.49. The van der Waals surface area contributed by atoms with Gasteiger partial charge in [0.2, 0.25) is 11.8 Å². The van der Waals surface area contributed by atoms with Gasteiger partial charge in [0.05, 0.1) is 19.6 Å². The topological polar surface area (TPSA) is 91.4 Å². The van der Waals surface area contributed by atoms with Crippen molar-refractivity contribution >= 4 is 23.5 Å². The molecule has 4 rings (SSSR count). The maximum Gasteiger partial charge on any atom is 0.321 e. The standard InChI is InChI=1S/C22H30N4O5/c1-15(27)25-11-16-12-26(14-22(16,13-25)20(28)24-8-4-5-9-24)21(29)23-17-6-7-18(30-2)19(10-17)31-3/h6-7,10,16H,4-5,8-9,11-14H2,1-3H3,(H,23,29)/t16-,22-/m0/s1. The fourth-order valence-corrected chi connectivity index (χ4v) is 5.11. The number of nitrogens with one attached hydrogen (secondary N) is 1. The molecule has 0 aromatic heterocycles. The number of carbonyl (C=O) groups excluding carboxylic acids is 3. The summed E-state index contributed by atoms with van der Waals surface area (Å²) < 4.78 is 10.5. The molecule has 3 aliphatic heterocycles. The Kier molecular flexibility index (Phi) is 5.68. The van der Waals surface area contributed by atoms with Gasteiger partial charge in [-0.05, 0) is 25.0 Å². The van der Waals surface area contributed by atoms with Crippen LogP contribution in [0.1, 0.15) is 19.8 Å². The second-order valence-electron chi connectivity index (χ2n) is 8.63. The van der Waals surface area contributed by atoms with Crippen LogP contribution in [0.4, 0.5) is 10.5 Å². The Labute approximate surface area is 182 Å². The molecule has 3 heterocycles. The van der Waals surface area contributed by atoms with E-state index >= 15 is 0 Å². The van der Waals surface area contributed by atoms with Crippen molar-refractivity contribution in [2.24, 2.45) is 11.3 Å². The molecule has 9 nitrogen and oxygen atoms in total. The Morgan fingerprint density at radius 2 is 1.61 bits per heavy atom. The molecule has 1 aromatic carbocycles. The first-order chi connectivity index (χ1) is 14.9. The molecule has 3 aliphatic rings. The van der Waals surface area contributed by atoms with E-state index in [-0.39, 0.29) is 23.8 Å². The number of urea groups is 1. The zero-order valence-corrected chi connectivity index (χ0v) is 18.3. The highest BCUT2D eigenvalue weighted by Gasteiger charge is 2.59. The van der Waals surface area contributed by atoms with E-state index in [2.05, 4.69) is 5.32 Å². The van der Waals surface area contributed by atoms with Gasteiger partial charge < -0.3 is 29.5 Å². The molecule has 2 atom stereocenters. The number of amides is 4. The van der Waals surface area contributed by atoms with Gasteiger partial charge >= 0.3 is 6.03 Å². The molecule has 0 radical (unpaired) electrons. The number of ether oxygens (including phenoxy) is 2. The van der Waals surface area contributed by atoms with E-state index in [1.807, 2.05) is 4.90 Å². The Hall–Kier alpha value is -2.97. The molecule has 0 spiro atoms. The second kappa shape index (κ2) is 8.28. The molecular formula is C22H30N4O5. The molecule has 3 saturated heterocycles. The van der Waals surface area contributed by atoms with Crippen molar-refractivity contribution in [1.29, 1.82) is 0 Å². The molecular weight excluding hydrogens is 400 g/mol. The number of nitrogens with zero attached hydrogens (tertiary/aromatic N) is 3. The van der Waals surface area contributed by atoms with Crippen LogP contribution >= 0.6 is 0 Å². The molecule has 1 aromatic rings. The third kappa shape index (κ3) is 3.77. The minimum absolute atomic E-state index is 0.0238. The van der Waals surface area contributed by atoms with Gasteiger partial charge in [-0.3, -0.25) is 9.59 Å². The van der Waals surface area contributed by atoms with Crippen molar-refractivity contribution in [3.63, 3.8) is 0 Å². The largest absolute Gasteiger partial charge is 0.493 e. The molecule has 9 heteroatoms. The summed E-state index contributed by atoms with van der Waals surface area (Å²) in [7, 11) is 3.10. The molecule has 4 amide bonds. The third-order valence-corrected chi connectivity index (χ3v) is 6.80. The Morgan fingerprint density at radius 1 is 0.968 bits per heavy atom. The SMILES string of the molecule is COc1ccc(NC(=O)N2C[C@@H]3CN(C(C)=O)C[C@]3(C(=O)N3CCCC3)C2)cc1OC. The van der Waals surface area contributed by atoms with Gasteiger partial charge in [-0.25, -0.2) is 4.79 Å². The van der Waals surface area contributed by atoms with Crippen molar-refractivity contribution in [3.05, 3.63) is 18.2 Å². The summed E-state index contributed by atoms with van der Waals surface area (Å²) >= 11 is 0. The summed E-state index contributed by atoms with van der Waals surface area (Å²) in [6, 6.07) is 4.93. The van der Waals surface area contributed by atoms with E-state index in [0.29, 0.717) is 43.4 Å². The quantitative estimate of drug-likeness (QED) is 0.784. The van der Waals surface area contributed by atoms with E-state index in [0.717, 1.165) is 25.9 Å². The zero-order chi connectivity index (χ0) is 22.2. The van der Waals surface area contributed by atoms with Crippen molar-refractivity contribution < 1.29 is 23.9 Å². The molecule has 0 saturated carbocycles. The first kappa shape index (κ1) is 21.3. The number of carbonyl (C=O) groups is 3. The molecule has 168 valence electrons. The minimum atomic E-state index is -0.717. The summed E-state index contributed by atoms with van der Waals surface area (Å²) in [4.78, 5) is 43.9. The third-order valence-electron chi connectivity index (χ3n) is 6.80. The lowest BCUT2D eigenvalue weighted by molar-refractivity contribution is -0.141. The van der Waals surface area contributed by atoms with Crippen LogP contribution in [0, 0.1) is 11.3 Å². The van der Waals surface area contributed by atoms with Gasteiger partial charge in [0.15, 0.2) is 11.5 Å². The van der Waals surface area contributed by atoms with E-state index in [1.165, 1.54) is 6.92 Å². The number of likely N-dealkylation sites (tertiary alicyclic amines) is 3. The van der Waals surface area contributed by atoms with Crippen LogP contribution in [-0.2, 0) is 9.59 Å². The van der Waals surface area contributed by atoms with Gasteiger partial charge in [0.1, 0.15) is 0 Å². The van der Waals surface area contributed by atoms with Crippen LogP contribution in [0.3, 0.4) is 0 Å². The highest BCUT2D eigenvalue weighted by Crippen LogP contribution is 2.44. The second-order valence-corrected chi connectivity index (χ2v) is 8.63. The van der Waals surface area contributed by atoms with Crippen LogP contribution in [-0.4, -0.2) is 86.0 Å². The lowest BCUT2D eigenvalue weighted by Gasteiger charge is -2.32. The molecule has 0 unspecified atom stereocenters. The van der Waals surface area contributed by atoms with Crippen LogP contribution in [0.2, 0.25) is 0 Å². The average Bonchev–Trinajstić information content (AvgIpc) is 3.48. The molecule has 0 aliphatic carbocycles. The van der Waals surface area contributed by atoms with Crippen LogP contribution in [0.15, 0.2) is 18.2 Å². The van der Waals surface area contributed by atoms with E-state index in [1.54, 1.807) is 42.2 Å². The van der Waals surface area contributed by atoms with Gasteiger partial charge in [-0.15, -0.1) is 0 Å². The highest BCUT2D eigenvalue weighted by atomic mass is 16.5. The van der Waals surface area contributed by atoms with Gasteiger partial charge in [0, 0.05) is 63.9 Å². The maximum atomic E-state index is 13.5. The number of hydrogen-bond acceptors (Lipinski definition) is 5. The number of rotatable bonds is 4. The van der Waals surface area contributed by atoms with Gasteiger partial charge in [0.25, 0.3) is 0 Å². The first-order valence-electron chi connectivity index (χ1n) is 10.7. The van der Waals surface area contributed by atoms with Crippen LogP contribution < -0.4 is 14.8 Å². The Morgan fingerprint density at radius 3 is 2.26 bits per heavy atom. The smallest absolute Gasteiger partial charge is 0.321 e. The normalized spacial score (nSPS) is 24.9. The molecule has 0 bridgehead atoms. The summed E-state index contributed by atoms with van der Waals surface area (Å²) in [6.07, 6.45) is 2.01. The van der Waals surface area contributed by atoms with E-state index in [9.17, 15) is 14.4 Å². The number of methoxy groups -OCH3 is 2. The predicted octanol–water partition coefficient (Wildman–Crippen LogP) is 1.64. The van der Waals surface area contributed by atoms with Gasteiger partial charge in [-0.2, -0.15) is 0 Å². The average molecular weight is 431 g/mol. The van der Waals surface area contributed by atoms with E-state index < -0.39 is 5.41 Å².